The molecule has 0 bridgehead atoms. The Morgan fingerprint density at radius 2 is 2.00 bits per heavy atom. The van der Waals surface area contributed by atoms with Crippen molar-refractivity contribution in [2.75, 3.05) is 5.32 Å². The molecule has 2 N–H and O–H groups in total. The van der Waals surface area contributed by atoms with Crippen LogP contribution in [-0.4, -0.2) is 38.2 Å². The van der Waals surface area contributed by atoms with Crippen molar-refractivity contribution >= 4 is 23.3 Å². The first kappa shape index (κ1) is 20.1. The van der Waals surface area contributed by atoms with Gasteiger partial charge in [0.15, 0.2) is 5.65 Å². The van der Waals surface area contributed by atoms with Crippen LogP contribution in [0.2, 0.25) is 0 Å². The number of amides is 2. The molecule has 3 rings (SSSR count). The van der Waals surface area contributed by atoms with Crippen LogP contribution in [0, 0.1) is 6.92 Å². The summed E-state index contributed by atoms with van der Waals surface area (Å²) < 4.78 is 7.32. The van der Waals surface area contributed by atoms with Gasteiger partial charge in [-0.05, 0) is 58.6 Å². The highest BCUT2D eigenvalue weighted by Gasteiger charge is 2.29. The number of fused-ring (bicyclic) bond motifs is 1. The topological polar surface area (TPSA) is 97.6 Å². The summed E-state index contributed by atoms with van der Waals surface area (Å²) >= 11 is 0. The lowest BCUT2D eigenvalue weighted by Crippen LogP contribution is -2.41. The third-order valence-electron chi connectivity index (χ3n) is 4.85. The van der Waals surface area contributed by atoms with Gasteiger partial charge in [-0.25, -0.2) is 4.79 Å². The van der Waals surface area contributed by atoms with Crippen LogP contribution in [-0.2, 0) is 9.53 Å². The van der Waals surface area contributed by atoms with E-state index in [9.17, 15) is 9.59 Å². The van der Waals surface area contributed by atoms with Gasteiger partial charge in [0.25, 0.3) is 0 Å². The number of hydrogen-bond donors (Lipinski definition) is 2. The zero-order valence-corrected chi connectivity index (χ0v) is 17.2. The van der Waals surface area contributed by atoms with Crippen LogP contribution < -0.4 is 10.6 Å². The number of rotatable bonds is 3. The minimum Gasteiger partial charge on any atom is -0.444 e. The van der Waals surface area contributed by atoms with E-state index in [-0.39, 0.29) is 24.0 Å². The van der Waals surface area contributed by atoms with Crippen molar-refractivity contribution < 1.29 is 14.3 Å². The molecule has 2 aromatic rings. The monoisotopic (exact) mass is 387 g/mol. The number of pyridine rings is 1. The van der Waals surface area contributed by atoms with Crippen molar-refractivity contribution in [3.8, 4) is 0 Å². The predicted molar refractivity (Wildman–Crippen MR) is 106 cm³/mol. The van der Waals surface area contributed by atoms with Crippen LogP contribution in [0.3, 0.4) is 0 Å². The van der Waals surface area contributed by atoms with Crippen molar-refractivity contribution in [2.45, 2.75) is 77.9 Å². The summed E-state index contributed by atoms with van der Waals surface area (Å²) in [6.45, 7) is 8.99. The van der Waals surface area contributed by atoms with Gasteiger partial charge >= 0.3 is 6.09 Å². The highest BCUT2D eigenvalue weighted by molar-refractivity contribution is 5.89. The second-order valence-electron chi connectivity index (χ2n) is 8.54. The van der Waals surface area contributed by atoms with Crippen LogP contribution in [0.1, 0.15) is 70.7 Å². The Morgan fingerprint density at radius 3 is 2.68 bits per heavy atom. The summed E-state index contributed by atoms with van der Waals surface area (Å²) in [6, 6.07) is 1.96. The Labute approximate surface area is 165 Å². The maximum atomic E-state index is 12.1. The first-order valence-electron chi connectivity index (χ1n) is 9.75. The van der Waals surface area contributed by atoms with Crippen LogP contribution in [0.25, 0.3) is 5.65 Å². The number of aromatic nitrogens is 3. The average Bonchev–Trinajstić information content (AvgIpc) is 2.95. The maximum Gasteiger partial charge on any atom is 0.407 e. The molecule has 8 heteroatoms. The third-order valence-corrected chi connectivity index (χ3v) is 4.85. The number of ether oxygens (including phenoxy) is 1. The van der Waals surface area contributed by atoms with Gasteiger partial charge in [0.2, 0.25) is 5.91 Å². The lowest BCUT2D eigenvalue weighted by Gasteiger charge is -2.30. The van der Waals surface area contributed by atoms with Crippen molar-refractivity contribution in [3.63, 3.8) is 0 Å². The van der Waals surface area contributed by atoms with E-state index in [0.29, 0.717) is 0 Å². The van der Waals surface area contributed by atoms with Gasteiger partial charge in [-0.15, -0.1) is 10.2 Å². The molecule has 0 radical (unpaired) electrons. The third kappa shape index (κ3) is 4.79. The quantitative estimate of drug-likeness (QED) is 0.839. The summed E-state index contributed by atoms with van der Waals surface area (Å²) in [4.78, 5) is 23.6. The number of alkyl carbamates (subject to hydrolysis) is 1. The SMILES string of the molecule is CC(=O)Nc1cn2c([C@H]3CCC[C@@H](NC(=O)OC(C)(C)C)C3)nnc2cc1C. The molecule has 0 spiro atoms. The van der Waals surface area contributed by atoms with E-state index in [1.807, 2.05) is 44.4 Å². The molecule has 0 aliphatic heterocycles. The Hall–Kier alpha value is -2.64. The number of aryl methyl sites for hydroxylation is 1. The Balaban J connectivity index is 1.78. The van der Waals surface area contributed by atoms with Gasteiger partial charge in [0.1, 0.15) is 11.4 Å². The molecule has 8 nitrogen and oxygen atoms in total. The van der Waals surface area contributed by atoms with Gasteiger partial charge < -0.3 is 15.4 Å². The van der Waals surface area contributed by atoms with Gasteiger partial charge in [0, 0.05) is 25.1 Å². The van der Waals surface area contributed by atoms with Gasteiger partial charge in [0.05, 0.1) is 5.69 Å². The van der Waals surface area contributed by atoms with Crippen LogP contribution in [0.4, 0.5) is 10.5 Å². The normalized spacial score (nSPS) is 20.0. The molecule has 2 amide bonds. The molecule has 2 heterocycles. The summed E-state index contributed by atoms with van der Waals surface area (Å²) in [6.07, 6.45) is 5.17. The molecule has 0 aromatic carbocycles. The highest BCUT2D eigenvalue weighted by Crippen LogP contribution is 2.33. The van der Waals surface area contributed by atoms with Crippen molar-refractivity contribution in [1.82, 2.24) is 19.9 Å². The minimum atomic E-state index is -0.515. The first-order valence-corrected chi connectivity index (χ1v) is 9.75. The van der Waals surface area contributed by atoms with Crippen molar-refractivity contribution in [3.05, 3.63) is 23.7 Å². The van der Waals surface area contributed by atoms with Crippen molar-refractivity contribution in [1.29, 1.82) is 0 Å². The largest absolute Gasteiger partial charge is 0.444 e. The molecular weight excluding hydrogens is 358 g/mol. The van der Waals surface area contributed by atoms with E-state index in [1.54, 1.807) is 0 Å². The predicted octanol–water partition coefficient (Wildman–Crippen LogP) is 3.55. The van der Waals surface area contributed by atoms with E-state index in [4.69, 9.17) is 4.74 Å². The van der Waals surface area contributed by atoms with E-state index in [1.165, 1.54) is 6.92 Å². The molecule has 2 aromatic heterocycles. The summed E-state index contributed by atoms with van der Waals surface area (Å²) in [5.41, 5.74) is 1.93. The number of carbonyl (C=O) groups is 2. The van der Waals surface area contributed by atoms with Gasteiger partial charge in [-0.2, -0.15) is 0 Å². The van der Waals surface area contributed by atoms with E-state index in [0.717, 1.165) is 48.4 Å². The van der Waals surface area contributed by atoms with Gasteiger partial charge in [-0.3, -0.25) is 9.20 Å². The van der Waals surface area contributed by atoms with Gasteiger partial charge in [-0.1, -0.05) is 6.42 Å². The van der Waals surface area contributed by atoms with E-state index in [2.05, 4.69) is 20.8 Å². The smallest absolute Gasteiger partial charge is 0.407 e. The van der Waals surface area contributed by atoms with Crippen LogP contribution in [0.5, 0.6) is 0 Å². The van der Waals surface area contributed by atoms with Crippen LogP contribution >= 0.6 is 0 Å². The fraction of sp³-hybridized carbons (Fsp3) is 0.600. The molecule has 1 fully saturated rings. The number of nitrogens with one attached hydrogen (secondary N) is 2. The van der Waals surface area contributed by atoms with Crippen LogP contribution in [0.15, 0.2) is 12.3 Å². The molecule has 28 heavy (non-hydrogen) atoms. The number of anilines is 1. The lowest BCUT2D eigenvalue weighted by molar-refractivity contribution is -0.114. The molecule has 2 atom stereocenters. The van der Waals surface area contributed by atoms with E-state index >= 15 is 0 Å². The molecule has 152 valence electrons. The second-order valence-corrected chi connectivity index (χ2v) is 8.54. The number of nitrogens with zero attached hydrogens (tertiary/aromatic N) is 3. The lowest BCUT2D eigenvalue weighted by atomic mass is 9.85. The van der Waals surface area contributed by atoms with E-state index < -0.39 is 5.60 Å². The summed E-state index contributed by atoms with van der Waals surface area (Å²) in [7, 11) is 0. The minimum absolute atomic E-state index is 0.0428. The number of hydrogen-bond acceptors (Lipinski definition) is 5. The first-order chi connectivity index (χ1) is 13.1. The van der Waals surface area contributed by atoms with Crippen molar-refractivity contribution in [2.24, 2.45) is 0 Å². The molecule has 1 aliphatic carbocycles. The molecular formula is C20H29N5O3. The Kier molecular flexibility index (Phi) is 5.58. The number of carbonyl (C=O) groups excluding carboxylic acids is 2. The average molecular weight is 387 g/mol. The summed E-state index contributed by atoms with van der Waals surface area (Å²) in [5, 5.41) is 14.5. The fourth-order valence-electron chi connectivity index (χ4n) is 3.68. The highest BCUT2D eigenvalue weighted by atomic mass is 16.6. The molecule has 0 unspecified atom stereocenters. The molecule has 1 aliphatic rings. The fourth-order valence-corrected chi connectivity index (χ4v) is 3.68. The zero-order chi connectivity index (χ0) is 20.5. The maximum absolute atomic E-state index is 12.1. The standard InChI is InChI=1S/C20H29N5O3/c1-12-9-17-23-24-18(25(17)11-16(12)21-13(2)26)14-7-6-8-15(10-14)22-19(27)28-20(3,4)5/h9,11,14-15H,6-8,10H2,1-5H3,(H,21,26)(H,22,27)/t14-,15+/m0/s1. The molecule has 0 saturated heterocycles. The summed E-state index contributed by atoms with van der Waals surface area (Å²) in [5.74, 6) is 0.922. The zero-order valence-electron chi connectivity index (χ0n) is 17.2. The Bertz CT molecular complexity index is 884. The Morgan fingerprint density at radius 1 is 1.25 bits per heavy atom. The molecule has 1 saturated carbocycles. The second kappa shape index (κ2) is 7.77.